The average Bonchev–Trinajstić information content (AvgIpc) is 3.22. The minimum atomic E-state index is -4.63. The Balaban J connectivity index is 0.00000324. The molecule has 1 N–H and O–H groups in total. The Hall–Kier alpha value is -3.44. The van der Waals surface area contributed by atoms with E-state index in [1.54, 1.807) is 18.3 Å². The summed E-state index contributed by atoms with van der Waals surface area (Å²) in [6.45, 7) is 0.212. The summed E-state index contributed by atoms with van der Waals surface area (Å²) < 4.78 is 45.9. The van der Waals surface area contributed by atoms with Gasteiger partial charge in [-0.25, -0.2) is 0 Å². The number of nitrogens with zero attached hydrogens (tertiary/aromatic N) is 4. The first kappa shape index (κ1) is 25.2. The van der Waals surface area contributed by atoms with Crippen molar-refractivity contribution in [1.82, 2.24) is 14.8 Å². The van der Waals surface area contributed by atoms with Gasteiger partial charge in [-0.1, -0.05) is 19.0 Å². The molecule has 0 fully saturated rings. The molecule has 1 aromatic carbocycles. The molecule has 2 aromatic heterocycles. The van der Waals surface area contributed by atoms with Crippen LogP contribution in [0.5, 0.6) is 0 Å². The van der Waals surface area contributed by atoms with E-state index < -0.39 is 34.6 Å². The van der Waals surface area contributed by atoms with E-state index in [-0.39, 0.29) is 37.5 Å². The summed E-state index contributed by atoms with van der Waals surface area (Å²) in [4.78, 5) is 31.4. The highest BCUT2D eigenvalue weighted by Gasteiger charge is 2.38. The van der Waals surface area contributed by atoms with Gasteiger partial charge in [-0.2, -0.15) is 18.3 Å². The van der Waals surface area contributed by atoms with Crippen molar-refractivity contribution in [2.45, 2.75) is 19.6 Å². The Bertz CT molecular complexity index is 1200. The minimum absolute atomic E-state index is 0. The standard InChI is InChI=1S/C21H17ClF3N5O3.CH4/c1-33-11-14-10-29(13-4-5-16(17(22)7-13)21(23,24)25)20(32)18-15(9-27-30(14)18)19(31)28-12-3-2-6-26-8-12;/h2-9,14H,10-11H2,1H3,(H,28,31);1H4. The Kier molecular flexibility index (Phi) is 7.27. The molecule has 1 unspecified atom stereocenters. The highest BCUT2D eigenvalue weighted by atomic mass is 35.5. The zero-order valence-electron chi connectivity index (χ0n) is 17.1. The average molecular weight is 496 g/mol. The van der Waals surface area contributed by atoms with E-state index in [4.69, 9.17) is 16.3 Å². The van der Waals surface area contributed by atoms with Gasteiger partial charge in [0.05, 0.1) is 53.4 Å². The van der Waals surface area contributed by atoms with Crippen LogP contribution in [0.2, 0.25) is 5.02 Å². The summed E-state index contributed by atoms with van der Waals surface area (Å²) in [5, 5.41) is 6.31. The number of alkyl halides is 3. The molecule has 8 nitrogen and oxygen atoms in total. The van der Waals surface area contributed by atoms with E-state index in [2.05, 4.69) is 15.4 Å². The van der Waals surface area contributed by atoms with Crippen LogP contribution in [0.15, 0.2) is 48.9 Å². The van der Waals surface area contributed by atoms with E-state index >= 15 is 0 Å². The number of halogens is 4. The number of aromatic nitrogens is 3. The molecule has 2 amide bonds. The van der Waals surface area contributed by atoms with Crippen molar-refractivity contribution in [3.05, 3.63) is 70.8 Å². The second kappa shape index (κ2) is 9.82. The van der Waals surface area contributed by atoms with Crippen molar-refractivity contribution in [2.75, 3.05) is 30.5 Å². The fraction of sp³-hybridized carbons (Fsp3) is 0.273. The van der Waals surface area contributed by atoms with Gasteiger partial charge in [0, 0.05) is 19.0 Å². The van der Waals surface area contributed by atoms with E-state index in [0.717, 1.165) is 18.2 Å². The molecule has 34 heavy (non-hydrogen) atoms. The summed E-state index contributed by atoms with van der Waals surface area (Å²) in [5.41, 5.74) is -0.434. The number of fused-ring (bicyclic) bond motifs is 1. The van der Waals surface area contributed by atoms with Gasteiger partial charge in [-0.05, 0) is 30.3 Å². The molecular weight excluding hydrogens is 475 g/mol. The summed E-state index contributed by atoms with van der Waals surface area (Å²) in [7, 11) is 1.47. The van der Waals surface area contributed by atoms with Crippen molar-refractivity contribution >= 4 is 34.8 Å². The highest BCUT2D eigenvalue weighted by Crippen LogP contribution is 2.38. The fourth-order valence-electron chi connectivity index (χ4n) is 3.59. The van der Waals surface area contributed by atoms with Crippen molar-refractivity contribution < 1.29 is 27.5 Å². The molecule has 0 radical (unpaired) electrons. The number of pyridine rings is 1. The fourth-order valence-corrected chi connectivity index (χ4v) is 3.87. The van der Waals surface area contributed by atoms with Crippen LogP contribution in [-0.4, -0.2) is 46.8 Å². The van der Waals surface area contributed by atoms with Crippen LogP contribution in [0, 0.1) is 0 Å². The highest BCUT2D eigenvalue weighted by molar-refractivity contribution is 6.32. The van der Waals surface area contributed by atoms with E-state index in [1.165, 1.54) is 29.1 Å². The van der Waals surface area contributed by atoms with Crippen LogP contribution in [0.25, 0.3) is 0 Å². The summed E-state index contributed by atoms with van der Waals surface area (Å²) in [6.07, 6.45) is -0.371. The third-order valence-corrected chi connectivity index (χ3v) is 5.39. The van der Waals surface area contributed by atoms with Gasteiger partial charge in [0.1, 0.15) is 5.69 Å². The molecule has 0 spiro atoms. The molecule has 0 aliphatic carbocycles. The van der Waals surface area contributed by atoms with Crippen LogP contribution in [-0.2, 0) is 10.9 Å². The summed E-state index contributed by atoms with van der Waals surface area (Å²) in [5.74, 6) is -1.19. The van der Waals surface area contributed by atoms with E-state index in [0.29, 0.717) is 5.69 Å². The zero-order chi connectivity index (χ0) is 23.8. The molecule has 0 saturated heterocycles. The van der Waals surface area contributed by atoms with Gasteiger partial charge < -0.3 is 15.0 Å². The largest absolute Gasteiger partial charge is 0.417 e. The van der Waals surface area contributed by atoms with Crippen molar-refractivity contribution in [2.24, 2.45) is 0 Å². The number of carbonyl (C=O) groups excluding carboxylic acids is 2. The first-order valence-corrected chi connectivity index (χ1v) is 10.0. The number of carbonyl (C=O) groups is 2. The molecule has 3 heterocycles. The predicted octanol–water partition coefficient (Wildman–Crippen LogP) is 4.69. The molecule has 1 aliphatic heterocycles. The molecule has 1 aliphatic rings. The van der Waals surface area contributed by atoms with Gasteiger partial charge in [0.15, 0.2) is 0 Å². The van der Waals surface area contributed by atoms with Gasteiger partial charge in [-0.3, -0.25) is 19.3 Å². The number of hydrogen-bond donors (Lipinski definition) is 1. The third-order valence-electron chi connectivity index (χ3n) is 5.08. The third kappa shape index (κ3) is 4.75. The minimum Gasteiger partial charge on any atom is -0.382 e. The number of hydrogen-bond acceptors (Lipinski definition) is 5. The lowest BCUT2D eigenvalue weighted by molar-refractivity contribution is -0.137. The zero-order valence-corrected chi connectivity index (χ0v) is 17.9. The lowest BCUT2D eigenvalue weighted by atomic mass is 10.1. The van der Waals surface area contributed by atoms with Gasteiger partial charge in [0.25, 0.3) is 11.8 Å². The molecule has 3 aromatic rings. The van der Waals surface area contributed by atoms with E-state index in [1.807, 2.05) is 0 Å². The molecule has 0 bridgehead atoms. The van der Waals surface area contributed by atoms with Crippen LogP contribution < -0.4 is 10.2 Å². The maximum Gasteiger partial charge on any atom is 0.417 e. The first-order valence-electron chi connectivity index (χ1n) is 9.67. The van der Waals surface area contributed by atoms with Gasteiger partial charge >= 0.3 is 6.18 Å². The number of rotatable bonds is 5. The summed E-state index contributed by atoms with van der Waals surface area (Å²) >= 11 is 5.86. The van der Waals surface area contributed by atoms with Crippen LogP contribution in [0.4, 0.5) is 24.5 Å². The van der Waals surface area contributed by atoms with Crippen LogP contribution in [0.1, 0.15) is 39.9 Å². The summed E-state index contributed by atoms with van der Waals surface area (Å²) in [6, 6.07) is 5.85. The molecule has 0 saturated carbocycles. The van der Waals surface area contributed by atoms with E-state index in [9.17, 15) is 22.8 Å². The Labute approximate surface area is 198 Å². The second-order valence-corrected chi connectivity index (χ2v) is 7.64. The quantitative estimate of drug-likeness (QED) is 0.555. The number of amides is 2. The smallest absolute Gasteiger partial charge is 0.382 e. The van der Waals surface area contributed by atoms with Crippen LogP contribution >= 0.6 is 11.6 Å². The van der Waals surface area contributed by atoms with Crippen molar-refractivity contribution in [3.8, 4) is 0 Å². The maximum atomic E-state index is 13.4. The molecule has 180 valence electrons. The van der Waals surface area contributed by atoms with Crippen molar-refractivity contribution in [3.63, 3.8) is 0 Å². The molecule has 12 heteroatoms. The molecule has 4 rings (SSSR count). The number of methoxy groups -OCH3 is 1. The number of ether oxygens (including phenoxy) is 1. The topological polar surface area (TPSA) is 89.3 Å². The SMILES string of the molecule is C.COCC1CN(c2ccc(C(F)(F)F)c(Cl)c2)C(=O)c2c(C(=O)Nc3cccnc3)cnn21. The maximum absolute atomic E-state index is 13.4. The Morgan fingerprint density at radius 2 is 2.06 bits per heavy atom. The first-order chi connectivity index (χ1) is 15.7. The normalized spacial score (nSPS) is 15.5. The number of anilines is 2. The second-order valence-electron chi connectivity index (χ2n) is 7.23. The number of benzene rings is 1. The molecule has 1 atom stereocenters. The predicted molar refractivity (Wildman–Crippen MR) is 120 cm³/mol. The van der Waals surface area contributed by atoms with Gasteiger partial charge in [-0.15, -0.1) is 0 Å². The number of nitrogens with one attached hydrogen (secondary N) is 1. The van der Waals surface area contributed by atoms with Crippen molar-refractivity contribution in [1.29, 1.82) is 0 Å². The molecular formula is C22H21ClF3N5O3. The lowest BCUT2D eigenvalue weighted by Gasteiger charge is -2.34. The lowest BCUT2D eigenvalue weighted by Crippen LogP contribution is -2.45. The van der Waals surface area contributed by atoms with Gasteiger partial charge in [0.2, 0.25) is 0 Å². The monoisotopic (exact) mass is 495 g/mol. The Morgan fingerprint density at radius 1 is 1.29 bits per heavy atom. The Morgan fingerprint density at radius 3 is 2.68 bits per heavy atom. The van der Waals surface area contributed by atoms with Crippen LogP contribution in [0.3, 0.4) is 0 Å².